The van der Waals surface area contributed by atoms with E-state index in [0.717, 1.165) is 17.5 Å². The van der Waals surface area contributed by atoms with E-state index in [2.05, 4.69) is 15.9 Å². The number of halogens is 2. The number of sulfonamides is 1. The first-order valence-corrected chi connectivity index (χ1v) is 11.4. The molecule has 2 aliphatic rings. The molecule has 148 valence electrons. The molecule has 2 aromatic rings. The minimum atomic E-state index is -3.84. The Morgan fingerprint density at radius 3 is 2.57 bits per heavy atom. The van der Waals surface area contributed by atoms with Gasteiger partial charge in [0.05, 0.1) is 11.7 Å². The molecular formula is C20H20BrFN2O3S. The number of anilines is 1. The smallest absolute Gasteiger partial charge is 0.245 e. The molecule has 1 fully saturated rings. The number of benzene rings is 2. The van der Waals surface area contributed by atoms with Gasteiger partial charge in [0.25, 0.3) is 0 Å². The summed E-state index contributed by atoms with van der Waals surface area (Å²) in [6.45, 7) is 2.32. The SMILES string of the molecule is CC(=O)N1CCc2cc(Br)cc(S(=O)(=O)N3CCC[C@@H]3c3ccc(F)cc3)c21. The van der Waals surface area contributed by atoms with Crippen molar-refractivity contribution in [2.24, 2.45) is 0 Å². The summed E-state index contributed by atoms with van der Waals surface area (Å²) in [5.74, 6) is -0.521. The summed E-state index contributed by atoms with van der Waals surface area (Å²) >= 11 is 3.41. The van der Waals surface area contributed by atoms with Crippen molar-refractivity contribution in [2.45, 2.75) is 37.1 Å². The summed E-state index contributed by atoms with van der Waals surface area (Å²) in [4.78, 5) is 13.8. The Hall–Kier alpha value is -1.77. The second-order valence-corrected chi connectivity index (χ2v) is 9.93. The third-order valence-corrected chi connectivity index (χ3v) is 7.80. The lowest BCUT2D eigenvalue weighted by Gasteiger charge is -2.27. The lowest BCUT2D eigenvalue weighted by Crippen LogP contribution is -2.33. The summed E-state index contributed by atoms with van der Waals surface area (Å²) in [6, 6.07) is 9.10. The van der Waals surface area contributed by atoms with Crippen molar-refractivity contribution in [1.29, 1.82) is 0 Å². The summed E-state index contributed by atoms with van der Waals surface area (Å²) in [6.07, 6.45) is 2.03. The third kappa shape index (κ3) is 3.27. The molecule has 0 N–H and O–H groups in total. The molecule has 2 aromatic carbocycles. The quantitative estimate of drug-likeness (QED) is 0.685. The number of carbonyl (C=O) groups is 1. The Bertz CT molecular complexity index is 1040. The highest BCUT2D eigenvalue weighted by Crippen LogP contribution is 2.43. The minimum Gasteiger partial charge on any atom is -0.311 e. The molecule has 8 heteroatoms. The number of rotatable bonds is 3. The van der Waals surface area contributed by atoms with Gasteiger partial charge in [0, 0.05) is 24.5 Å². The highest BCUT2D eigenvalue weighted by molar-refractivity contribution is 9.10. The second kappa shape index (κ2) is 7.24. The molecule has 0 aromatic heterocycles. The molecule has 0 unspecified atom stereocenters. The van der Waals surface area contributed by atoms with Gasteiger partial charge in [-0.2, -0.15) is 4.31 Å². The fourth-order valence-electron chi connectivity index (χ4n) is 4.15. The number of hydrogen-bond acceptors (Lipinski definition) is 3. The Morgan fingerprint density at radius 1 is 1.18 bits per heavy atom. The lowest BCUT2D eigenvalue weighted by atomic mass is 10.1. The Balaban J connectivity index is 1.81. The number of nitrogens with zero attached hydrogens (tertiary/aromatic N) is 2. The van der Waals surface area contributed by atoms with Crippen LogP contribution in [0, 0.1) is 5.82 Å². The fraction of sp³-hybridized carbons (Fsp3) is 0.350. The minimum absolute atomic E-state index is 0.151. The lowest BCUT2D eigenvalue weighted by molar-refractivity contribution is -0.116. The highest BCUT2D eigenvalue weighted by Gasteiger charge is 2.40. The maximum Gasteiger partial charge on any atom is 0.245 e. The van der Waals surface area contributed by atoms with Crippen LogP contribution in [-0.4, -0.2) is 31.7 Å². The van der Waals surface area contributed by atoms with Crippen LogP contribution < -0.4 is 4.90 Å². The van der Waals surface area contributed by atoms with Crippen LogP contribution in [0.1, 0.15) is 36.9 Å². The Morgan fingerprint density at radius 2 is 1.89 bits per heavy atom. The van der Waals surface area contributed by atoms with E-state index in [4.69, 9.17) is 0 Å². The Kier molecular flexibility index (Phi) is 5.05. The van der Waals surface area contributed by atoms with Gasteiger partial charge in [-0.25, -0.2) is 12.8 Å². The van der Waals surface area contributed by atoms with Gasteiger partial charge in [-0.15, -0.1) is 0 Å². The van der Waals surface area contributed by atoms with Crippen LogP contribution in [0.15, 0.2) is 45.8 Å². The van der Waals surface area contributed by atoms with Gasteiger partial charge in [-0.3, -0.25) is 4.79 Å². The molecule has 4 rings (SSSR count). The molecule has 2 aliphatic heterocycles. The zero-order chi connectivity index (χ0) is 20.1. The average molecular weight is 467 g/mol. The molecule has 0 spiro atoms. The molecule has 0 aliphatic carbocycles. The molecule has 5 nitrogen and oxygen atoms in total. The fourth-order valence-corrected chi connectivity index (χ4v) is 6.76. The Labute approximate surface area is 172 Å². The van der Waals surface area contributed by atoms with Gasteiger partial charge in [0.2, 0.25) is 15.9 Å². The molecule has 28 heavy (non-hydrogen) atoms. The molecule has 1 saturated heterocycles. The summed E-state index contributed by atoms with van der Waals surface area (Å²) < 4.78 is 42.8. The van der Waals surface area contributed by atoms with E-state index in [1.54, 1.807) is 18.2 Å². The molecule has 1 atom stereocenters. The van der Waals surface area contributed by atoms with Crippen LogP contribution in [-0.2, 0) is 21.2 Å². The van der Waals surface area contributed by atoms with Crippen molar-refractivity contribution in [1.82, 2.24) is 4.31 Å². The van der Waals surface area contributed by atoms with E-state index in [9.17, 15) is 17.6 Å². The van der Waals surface area contributed by atoms with E-state index < -0.39 is 10.0 Å². The predicted molar refractivity (Wildman–Crippen MR) is 108 cm³/mol. The number of fused-ring (bicyclic) bond motifs is 1. The normalized spacial score (nSPS) is 19.8. The monoisotopic (exact) mass is 466 g/mol. The first kappa shape index (κ1) is 19.5. The first-order valence-electron chi connectivity index (χ1n) is 9.17. The summed E-state index contributed by atoms with van der Waals surface area (Å²) in [5.41, 5.74) is 2.11. The van der Waals surface area contributed by atoms with Crippen LogP contribution >= 0.6 is 15.9 Å². The topological polar surface area (TPSA) is 57.7 Å². The standard InChI is InChI=1S/C20H20BrFN2O3S/c1-13(25)23-10-8-15-11-16(21)12-19(20(15)23)28(26,27)24-9-2-3-18(24)14-4-6-17(22)7-5-14/h4-7,11-12,18H,2-3,8-10H2,1H3/t18-/m1/s1. The summed E-state index contributed by atoms with van der Waals surface area (Å²) in [5, 5.41) is 0. The van der Waals surface area contributed by atoms with Crippen molar-refractivity contribution < 1.29 is 17.6 Å². The average Bonchev–Trinajstić information content (AvgIpc) is 3.28. The van der Waals surface area contributed by atoms with Gasteiger partial charge in [-0.05, 0) is 54.7 Å². The van der Waals surface area contributed by atoms with Gasteiger partial charge in [-0.1, -0.05) is 28.1 Å². The number of amides is 1. The van der Waals surface area contributed by atoms with Crippen LogP contribution in [0.3, 0.4) is 0 Å². The maximum atomic E-state index is 13.7. The van der Waals surface area contributed by atoms with Gasteiger partial charge >= 0.3 is 0 Å². The van der Waals surface area contributed by atoms with E-state index in [1.807, 2.05) is 6.07 Å². The predicted octanol–water partition coefficient (Wildman–Crippen LogP) is 4.02. The number of hydrogen-bond donors (Lipinski definition) is 0. The van der Waals surface area contributed by atoms with Gasteiger partial charge in [0.15, 0.2) is 0 Å². The molecule has 0 radical (unpaired) electrons. The van der Waals surface area contributed by atoms with Crippen LogP contribution in [0.25, 0.3) is 0 Å². The van der Waals surface area contributed by atoms with Gasteiger partial charge < -0.3 is 4.90 Å². The third-order valence-electron chi connectivity index (χ3n) is 5.42. The van der Waals surface area contributed by atoms with Crippen molar-refractivity contribution >= 4 is 37.5 Å². The molecule has 2 heterocycles. The molecular weight excluding hydrogens is 447 g/mol. The largest absolute Gasteiger partial charge is 0.311 e. The maximum absolute atomic E-state index is 13.7. The van der Waals surface area contributed by atoms with E-state index in [1.165, 1.54) is 28.3 Å². The summed E-state index contributed by atoms with van der Waals surface area (Å²) in [7, 11) is -3.84. The van der Waals surface area contributed by atoms with Crippen LogP contribution in [0.5, 0.6) is 0 Å². The zero-order valence-electron chi connectivity index (χ0n) is 15.4. The number of carbonyl (C=O) groups excluding carboxylic acids is 1. The van der Waals surface area contributed by atoms with E-state index in [-0.39, 0.29) is 22.7 Å². The van der Waals surface area contributed by atoms with E-state index >= 15 is 0 Å². The van der Waals surface area contributed by atoms with Crippen molar-refractivity contribution in [2.75, 3.05) is 18.0 Å². The van der Waals surface area contributed by atoms with Crippen molar-refractivity contribution in [3.05, 3.63) is 57.8 Å². The van der Waals surface area contributed by atoms with Gasteiger partial charge in [0.1, 0.15) is 10.7 Å². The second-order valence-electron chi connectivity index (χ2n) is 7.16. The van der Waals surface area contributed by atoms with E-state index in [0.29, 0.717) is 36.1 Å². The molecule has 1 amide bonds. The molecule has 0 saturated carbocycles. The van der Waals surface area contributed by atoms with Crippen molar-refractivity contribution in [3.8, 4) is 0 Å². The highest BCUT2D eigenvalue weighted by atomic mass is 79.9. The van der Waals surface area contributed by atoms with Crippen LogP contribution in [0.2, 0.25) is 0 Å². The zero-order valence-corrected chi connectivity index (χ0v) is 17.8. The first-order chi connectivity index (χ1) is 13.3. The van der Waals surface area contributed by atoms with Crippen molar-refractivity contribution in [3.63, 3.8) is 0 Å². The molecule has 0 bridgehead atoms. The van der Waals surface area contributed by atoms with Crippen LogP contribution in [0.4, 0.5) is 10.1 Å².